The first-order valence-electron chi connectivity index (χ1n) is 8.49. The number of aryl methyl sites for hydroxylation is 4. The maximum Gasteiger partial charge on any atom is 0.192 e. The predicted octanol–water partition coefficient (Wildman–Crippen LogP) is 5.92. The molecule has 2 aromatic carbocycles. The quantitative estimate of drug-likeness (QED) is 0.452. The zero-order chi connectivity index (χ0) is 18.5. The van der Waals surface area contributed by atoms with Crippen LogP contribution in [0, 0.1) is 27.7 Å². The lowest BCUT2D eigenvalue weighted by Crippen LogP contribution is -1.79. The Morgan fingerprint density at radius 2 is 1.46 bits per heavy atom. The van der Waals surface area contributed by atoms with E-state index in [9.17, 15) is 0 Å². The lowest BCUT2D eigenvalue weighted by atomic mass is 10.1. The van der Waals surface area contributed by atoms with Crippen molar-refractivity contribution >= 4 is 0 Å². The molecule has 0 atom stereocenters. The van der Waals surface area contributed by atoms with E-state index in [0.29, 0.717) is 0 Å². The van der Waals surface area contributed by atoms with Gasteiger partial charge in [-0.2, -0.15) is 0 Å². The Morgan fingerprint density at radius 3 is 2.00 bits per heavy atom. The summed E-state index contributed by atoms with van der Waals surface area (Å²) in [5, 5.41) is 0. The van der Waals surface area contributed by atoms with E-state index in [1.54, 1.807) is 6.20 Å². The van der Waals surface area contributed by atoms with E-state index in [1.807, 2.05) is 38.1 Å². The fourth-order valence-electron chi connectivity index (χ4n) is 2.74. The van der Waals surface area contributed by atoms with Crippen LogP contribution in [0.25, 0.3) is 22.6 Å². The molecule has 2 heterocycles. The second-order valence-electron chi connectivity index (χ2n) is 6.25. The topological polar surface area (TPSA) is 52.1 Å². The lowest BCUT2D eigenvalue weighted by Gasteiger charge is -1.98. The van der Waals surface area contributed by atoms with Crippen molar-refractivity contribution in [3.63, 3.8) is 0 Å². The number of rotatable bonds is 2. The Labute approximate surface area is 153 Å². The number of hydrogen-bond donors (Lipinski definition) is 0. The summed E-state index contributed by atoms with van der Waals surface area (Å²) in [5.41, 5.74) is 5.59. The highest BCUT2D eigenvalue weighted by atomic mass is 16.4. The first-order chi connectivity index (χ1) is 12.5. The molecule has 132 valence electrons. The largest absolute Gasteiger partial charge is 0.444 e. The zero-order valence-corrected chi connectivity index (χ0v) is 15.5. The van der Waals surface area contributed by atoms with Crippen molar-refractivity contribution in [3.05, 3.63) is 83.8 Å². The smallest absolute Gasteiger partial charge is 0.192 e. The van der Waals surface area contributed by atoms with Gasteiger partial charge in [0.1, 0.15) is 0 Å². The highest BCUT2D eigenvalue weighted by Gasteiger charge is 2.08. The number of oxazole rings is 2. The molecule has 4 aromatic rings. The molecule has 4 heteroatoms. The molecule has 26 heavy (non-hydrogen) atoms. The van der Waals surface area contributed by atoms with E-state index in [2.05, 4.69) is 48.1 Å². The van der Waals surface area contributed by atoms with Gasteiger partial charge in [0, 0.05) is 18.1 Å². The fraction of sp³-hybridized carbons (Fsp3) is 0.182. The van der Waals surface area contributed by atoms with Crippen molar-refractivity contribution < 1.29 is 8.83 Å². The molecule has 0 saturated heterocycles. The SMILES string of the molecule is Cc1cccc(-c2cnco2)c1.Cc1cccc(-c2oc(C)nc2C)c1. The molecule has 0 aliphatic carbocycles. The van der Waals surface area contributed by atoms with Crippen molar-refractivity contribution in [1.29, 1.82) is 0 Å². The summed E-state index contributed by atoms with van der Waals surface area (Å²) in [6.07, 6.45) is 3.16. The number of aromatic nitrogens is 2. The van der Waals surface area contributed by atoms with E-state index >= 15 is 0 Å². The maximum absolute atomic E-state index is 5.54. The summed E-state index contributed by atoms with van der Waals surface area (Å²) < 4.78 is 10.7. The van der Waals surface area contributed by atoms with Crippen LogP contribution in [-0.4, -0.2) is 9.97 Å². The van der Waals surface area contributed by atoms with Crippen LogP contribution in [0.15, 0.2) is 70.0 Å². The highest BCUT2D eigenvalue weighted by molar-refractivity contribution is 5.60. The van der Waals surface area contributed by atoms with Crippen molar-refractivity contribution in [2.45, 2.75) is 27.7 Å². The minimum atomic E-state index is 0.721. The molecule has 0 unspecified atom stereocenters. The summed E-state index contributed by atoms with van der Waals surface area (Å²) >= 11 is 0. The molecule has 0 fully saturated rings. The summed E-state index contributed by atoms with van der Waals surface area (Å²) in [6, 6.07) is 16.4. The van der Waals surface area contributed by atoms with Crippen molar-refractivity contribution in [3.8, 4) is 22.6 Å². The maximum atomic E-state index is 5.54. The molecular weight excluding hydrogens is 324 g/mol. The number of hydrogen-bond acceptors (Lipinski definition) is 4. The van der Waals surface area contributed by atoms with Gasteiger partial charge in [0.15, 0.2) is 23.8 Å². The van der Waals surface area contributed by atoms with Gasteiger partial charge >= 0.3 is 0 Å². The van der Waals surface area contributed by atoms with E-state index in [1.165, 1.54) is 17.5 Å². The van der Waals surface area contributed by atoms with Gasteiger partial charge in [0.25, 0.3) is 0 Å². The standard InChI is InChI=1S/C12H13NO.C10H9NO/c1-8-5-4-6-11(7-8)12-9(2)13-10(3)14-12;1-8-3-2-4-9(5-8)10-6-11-7-12-10/h4-7H,1-3H3;2-7H,1H3. The average molecular weight is 346 g/mol. The minimum Gasteiger partial charge on any atom is -0.444 e. The van der Waals surface area contributed by atoms with Gasteiger partial charge < -0.3 is 8.83 Å². The molecule has 0 spiro atoms. The molecule has 0 aliphatic rings. The molecule has 0 bridgehead atoms. The molecule has 0 aliphatic heterocycles. The normalized spacial score (nSPS) is 10.3. The van der Waals surface area contributed by atoms with Gasteiger partial charge in [-0.15, -0.1) is 0 Å². The van der Waals surface area contributed by atoms with Crippen LogP contribution in [-0.2, 0) is 0 Å². The Morgan fingerprint density at radius 1 is 0.808 bits per heavy atom. The molecule has 0 radical (unpaired) electrons. The van der Waals surface area contributed by atoms with E-state index in [0.717, 1.165) is 34.2 Å². The van der Waals surface area contributed by atoms with Gasteiger partial charge in [-0.05, 0) is 32.9 Å². The van der Waals surface area contributed by atoms with Crippen molar-refractivity contribution in [1.82, 2.24) is 9.97 Å². The van der Waals surface area contributed by atoms with Crippen molar-refractivity contribution in [2.75, 3.05) is 0 Å². The monoisotopic (exact) mass is 346 g/mol. The molecule has 4 rings (SSSR count). The third-order valence-electron chi connectivity index (χ3n) is 3.92. The van der Waals surface area contributed by atoms with Crippen LogP contribution in [0.1, 0.15) is 22.7 Å². The minimum absolute atomic E-state index is 0.721. The molecule has 4 nitrogen and oxygen atoms in total. The van der Waals surface area contributed by atoms with Gasteiger partial charge in [-0.3, -0.25) is 0 Å². The van der Waals surface area contributed by atoms with Crippen molar-refractivity contribution in [2.24, 2.45) is 0 Å². The van der Waals surface area contributed by atoms with Gasteiger partial charge in [0.2, 0.25) is 0 Å². The number of nitrogens with zero attached hydrogens (tertiary/aromatic N) is 2. The lowest BCUT2D eigenvalue weighted by molar-refractivity contribution is 0.534. The Bertz CT molecular complexity index is 985. The summed E-state index contributed by atoms with van der Waals surface area (Å²) in [6.45, 7) is 7.96. The molecule has 0 N–H and O–H groups in total. The van der Waals surface area contributed by atoms with E-state index in [4.69, 9.17) is 8.83 Å². The highest BCUT2D eigenvalue weighted by Crippen LogP contribution is 2.24. The van der Waals surface area contributed by atoms with Gasteiger partial charge in [0.05, 0.1) is 11.9 Å². The van der Waals surface area contributed by atoms with E-state index < -0.39 is 0 Å². The summed E-state index contributed by atoms with van der Waals surface area (Å²) in [4.78, 5) is 8.11. The fourth-order valence-corrected chi connectivity index (χ4v) is 2.74. The predicted molar refractivity (Wildman–Crippen MR) is 103 cm³/mol. The average Bonchev–Trinajstić information content (AvgIpc) is 3.25. The van der Waals surface area contributed by atoms with E-state index in [-0.39, 0.29) is 0 Å². The van der Waals surface area contributed by atoms with Gasteiger partial charge in [-0.25, -0.2) is 9.97 Å². The first-order valence-corrected chi connectivity index (χ1v) is 8.49. The Hall–Kier alpha value is -3.14. The summed E-state index contributed by atoms with van der Waals surface area (Å²) in [7, 11) is 0. The van der Waals surface area contributed by atoms with Gasteiger partial charge in [-0.1, -0.05) is 47.5 Å². The number of benzene rings is 2. The Balaban J connectivity index is 0.000000152. The van der Waals surface area contributed by atoms with Crippen LogP contribution >= 0.6 is 0 Å². The molecule has 0 amide bonds. The zero-order valence-electron chi connectivity index (χ0n) is 15.5. The molecule has 2 aromatic heterocycles. The van der Waals surface area contributed by atoms with Crippen LogP contribution in [0.2, 0.25) is 0 Å². The van der Waals surface area contributed by atoms with Crippen LogP contribution in [0.3, 0.4) is 0 Å². The Kier molecular flexibility index (Phi) is 5.32. The second kappa shape index (κ2) is 7.83. The third kappa shape index (κ3) is 4.28. The van der Waals surface area contributed by atoms with Crippen LogP contribution in [0.5, 0.6) is 0 Å². The molecule has 0 saturated carbocycles. The molecular formula is C22H22N2O2. The first kappa shape index (κ1) is 17.7. The summed E-state index contributed by atoms with van der Waals surface area (Å²) in [5.74, 6) is 2.42. The second-order valence-corrected chi connectivity index (χ2v) is 6.25. The third-order valence-corrected chi connectivity index (χ3v) is 3.92. The van der Waals surface area contributed by atoms with Crippen LogP contribution in [0.4, 0.5) is 0 Å². The van der Waals surface area contributed by atoms with Crippen LogP contribution < -0.4 is 0 Å².